The fraction of sp³-hybridized carbons (Fsp3) is 1.00. The van der Waals surface area contributed by atoms with Crippen LogP contribution in [0.4, 0.5) is 0 Å². The van der Waals surface area contributed by atoms with Crippen LogP contribution in [0.2, 0.25) is 0 Å². The van der Waals surface area contributed by atoms with E-state index >= 15 is 0 Å². The number of hydrogen-bond acceptors (Lipinski definition) is 3. The third-order valence-electron chi connectivity index (χ3n) is 4.74. The molecule has 0 aromatic heterocycles. The second-order valence-electron chi connectivity index (χ2n) is 6.76. The van der Waals surface area contributed by atoms with E-state index in [-0.39, 0.29) is 0 Å². The quantitative estimate of drug-likeness (QED) is 0.793. The average Bonchev–Trinajstić information content (AvgIpc) is 2.23. The second-order valence-corrected chi connectivity index (χ2v) is 6.76. The van der Waals surface area contributed by atoms with Crippen LogP contribution < -0.4 is 5.73 Å². The van der Waals surface area contributed by atoms with Crippen molar-refractivity contribution >= 4 is 0 Å². The summed E-state index contributed by atoms with van der Waals surface area (Å²) >= 11 is 0. The molecule has 1 saturated carbocycles. The van der Waals surface area contributed by atoms with E-state index < -0.39 is 0 Å². The predicted molar refractivity (Wildman–Crippen MR) is 73.1 cm³/mol. The van der Waals surface area contributed by atoms with Gasteiger partial charge in [0.2, 0.25) is 0 Å². The molecule has 1 aliphatic carbocycles. The lowest BCUT2D eigenvalue weighted by Gasteiger charge is -2.46. The van der Waals surface area contributed by atoms with Crippen molar-refractivity contribution in [2.75, 3.05) is 33.2 Å². The number of nitrogens with two attached hydrogens (primary N) is 1. The highest BCUT2D eigenvalue weighted by Gasteiger charge is 2.32. The molecule has 2 unspecified atom stereocenters. The van der Waals surface area contributed by atoms with Gasteiger partial charge < -0.3 is 5.73 Å². The van der Waals surface area contributed by atoms with E-state index in [1.165, 1.54) is 51.9 Å². The lowest BCUT2D eigenvalue weighted by Crippen LogP contribution is -2.58. The molecule has 3 heteroatoms. The summed E-state index contributed by atoms with van der Waals surface area (Å²) in [6.45, 7) is 9.61. The molecular formula is C14H29N3. The molecule has 0 amide bonds. The molecule has 1 aliphatic heterocycles. The maximum atomic E-state index is 6.08. The molecule has 17 heavy (non-hydrogen) atoms. The SMILES string of the molecule is CN1CCN(CC2CCCC(N)C2)CC1(C)C. The Hall–Kier alpha value is -0.120. The number of rotatable bonds is 2. The lowest BCUT2D eigenvalue weighted by atomic mass is 9.85. The summed E-state index contributed by atoms with van der Waals surface area (Å²) in [7, 11) is 2.24. The first-order valence-corrected chi connectivity index (χ1v) is 7.16. The first-order valence-electron chi connectivity index (χ1n) is 7.16. The van der Waals surface area contributed by atoms with Gasteiger partial charge in [0, 0.05) is 37.8 Å². The third kappa shape index (κ3) is 3.43. The molecule has 100 valence electrons. The topological polar surface area (TPSA) is 32.5 Å². The molecule has 0 bridgehead atoms. The van der Waals surface area contributed by atoms with Crippen LogP contribution in [0.5, 0.6) is 0 Å². The summed E-state index contributed by atoms with van der Waals surface area (Å²) in [5.41, 5.74) is 6.41. The van der Waals surface area contributed by atoms with Crippen LogP contribution in [0, 0.1) is 5.92 Å². The minimum Gasteiger partial charge on any atom is -0.328 e. The van der Waals surface area contributed by atoms with E-state index in [0.717, 1.165) is 5.92 Å². The van der Waals surface area contributed by atoms with E-state index in [4.69, 9.17) is 5.73 Å². The van der Waals surface area contributed by atoms with Gasteiger partial charge in [0.05, 0.1) is 0 Å². The summed E-state index contributed by atoms with van der Waals surface area (Å²) in [5.74, 6) is 0.845. The molecule has 1 heterocycles. The van der Waals surface area contributed by atoms with Gasteiger partial charge in [-0.15, -0.1) is 0 Å². The standard InChI is InChI=1S/C14H29N3/c1-14(2)11-17(8-7-16(14)3)10-12-5-4-6-13(15)9-12/h12-13H,4-11,15H2,1-3H3. The van der Waals surface area contributed by atoms with Crippen LogP contribution in [0.3, 0.4) is 0 Å². The van der Waals surface area contributed by atoms with Crippen LogP contribution in [0.1, 0.15) is 39.5 Å². The van der Waals surface area contributed by atoms with Gasteiger partial charge >= 0.3 is 0 Å². The predicted octanol–water partition coefficient (Wildman–Crippen LogP) is 1.53. The van der Waals surface area contributed by atoms with Crippen molar-refractivity contribution in [3.05, 3.63) is 0 Å². The first kappa shape index (κ1) is 13.3. The lowest BCUT2D eigenvalue weighted by molar-refractivity contribution is 0.0282. The Morgan fingerprint density at radius 3 is 2.65 bits per heavy atom. The van der Waals surface area contributed by atoms with Crippen LogP contribution in [0.25, 0.3) is 0 Å². The maximum Gasteiger partial charge on any atom is 0.0277 e. The van der Waals surface area contributed by atoms with Gasteiger partial charge in [-0.1, -0.05) is 6.42 Å². The zero-order valence-corrected chi connectivity index (χ0v) is 11.8. The minimum absolute atomic E-state index is 0.328. The highest BCUT2D eigenvalue weighted by Crippen LogP contribution is 2.26. The van der Waals surface area contributed by atoms with E-state index in [1.807, 2.05) is 0 Å². The van der Waals surface area contributed by atoms with Crippen molar-refractivity contribution in [3.63, 3.8) is 0 Å². The Bertz CT molecular complexity index is 252. The molecule has 1 saturated heterocycles. The molecule has 2 fully saturated rings. The Balaban J connectivity index is 1.83. The van der Waals surface area contributed by atoms with Gasteiger partial charge in [0.15, 0.2) is 0 Å². The molecule has 2 N–H and O–H groups in total. The summed E-state index contributed by atoms with van der Waals surface area (Å²) in [5, 5.41) is 0. The van der Waals surface area contributed by atoms with Gasteiger partial charge in [-0.3, -0.25) is 9.80 Å². The monoisotopic (exact) mass is 239 g/mol. The normalized spacial score (nSPS) is 36.0. The zero-order chi connectivity index (χ0) is 12.5. The van der Waals surface area contributed by atoms with Crippen molar-refractivity contribution in [2.45, 2.75) is 51.1 Å². The van der Waals surface area contributed by atoms with Gasteiger partial charge in [-0.05, 0) is 46.1 Å². The second kappa shape index (κ2) is 5.25. The smallest absolute Gasteiger partial charge is 0.0277 e. The van der Waals surface area contributed by atoms with Gasteiger partial charge in [0.1, 0.15) is 0 Å². The molecular weight excluding hydrogens is 210 g/mol. The van der Waals surface area contributed by atoms with Gasteiger partial charge in [-0.25, -0.2) is 0 Å². The Labute approximate surface area is 106 Å². The summed E-state index contributed by atoms with van der Waals surface area (Å²) in [6, 6.07) is 0.467. The fourth-order valence-electron chi connectivity index (χ4n) is 3.36. The van der Waals surface area contributed by atoms with Crippen molar-refractivity contribution < 1.29 is 0 Å². The van der Waals surface area contributed by atoms with E-state index in [1.54, 1.807) is 0 Å². The highest BCUT2D eigenvalue weighted by atomic mass is 15.3. The maximum absolute atomic E-state index is 6.08. The van der Waals surface area contributed by atoms with Crippen molar-refractivity contribution in [2.24, 2.45) is 11.7 Å². The molecule has 2 atom stereocenters. The summed E-state index contributed by atoms with van der Waals surface area (Å²) in [4.78, 5) is 5.14. The summed E-state index contributed by atoms with van der Waals surface area (Å²) < 4.78 is 0. The number of nitrogens with zero attached hydrogens (tertiary/aromatic N) is 2. The third-order valence-corrected chi connectivity index (χ3v) is 4.74. The number of piperazine rings is 1. The van der Waals surface area contributed by atoms with Crippen molar-refractivity contribution in [3.8, 4) is 0 Å². The highest BCUT2D eigenvalue weighted by molar-refractivity contribution is 4.89. The minimum atomic E-state index is 0.328. The molecule has 2 rings (SSSR count). The zero-order valence-electron chi connectivity index (χ0n) is 11.8. The van der Waals surface area contributed by atoms with Crippen LogP contribution in [0.15, 0.2) is 0 Å². The first-order chi connectivity index (χ1) is 7.97. The molecule has 0 aromatic rings. The van der Waals surface area contributed by atoms with Gasteiger partial charge in [0.25, 0.3) is 0 Å². The number of likely N-dealkylation sites (N-methyl/N-ethyl adjacent to an activating group) is 1. The van der Waals surface area contributed by atoms with Crippen LogP contribution in [-0.4, -0.2) is 54.6 Å². The average molecular weight is 239 g/mol. The largest absolute Gasteiger partial charge is 0.328 e. The van der Waals surface area contributed by atoms with E-state index in [0.29, 0.717) is 11.6 Å². The summed E-state index contributed by atoms with van der Waals surface area (Å²) in [6.07, 6.45) is 5.21. The Morgan fingerprint density at radius 1 is 1.24 bits per heavy atom. The molecule has 0 spiro atoms. The molecule has 3 nitrogen and oxygen atoms in total. The van der Waals surface area contributed by atoms with Crippen molar-refractivity contribution in [1.82, 2.24) is 9.80 Å². The number of hydrogen-bond donors (Lipinski definition) is 1. The van der Waals surface area contributed by atoms with E-state index in [9.17, 15) is 0 Å². The molecule has 0 radical (unpaired) electrons. The molecule has 0 aromatic carbocycles. The van der Waals surface area contributed by atoms with Gasteiger partial charge in [-0.2, -0.15) is 0 Å². The Kier molecular flexibility index (Phi) is 4.11. The fourth-order valence-corrected chi connectivity index (χ4v) is 3.36. The van der Waals surface area contributed by atoms with Crippen molar-refractivity contribution in [1.29, 1.82) is 0 Å². The van der Waals surface area contributed by atoms with Crippen LogP contribution >= 0.6 is 0 Å². The van der Waals surface area contributed by atoms with E-state index in [2.05, 4.69) is 30.7 Å². The van der Waals surface area contributed by atoms with Crippen LogP contribution in [-0.2, 0) is 0 Å². The molecule has 2 aliphatic rings. The Morgan fingerprint density at radius 2 is 2.00 bits per heavy atom.